The fraction of sp³-hybridized carbons (Fsp3) is 0.0833. The number of hydrogen-bond donors (Lipinski definition) is 1. The third kappa shape index (κ3) is 3.75. The van der Waals surface area contributed by atoms with Crippen molar-refractivity contribution in [1.29, 1.82) is 0 Å². The zero-order valence-electron chi connectivity index (χ0n) is 15.9. The van der Waals surface area contributed by atoms with Crippen molar-refractivity contribution in [3.63, 3.8) is 0 Å². The Kier molecular flexibility index (Phi) is 5.12. The summed E-state index contributed by atoms with van der Waals surface area (Å²) in [6.45, 7) is -0.189. The molecule has 0 spiro atoms. The third-order valence-corrected chi connectivity index (χ3v) is 4.70. The Labute approximate surface area is 168 Å². The van der Waals surface area contributed by atoms with Crippen LogP contribution in [-0.4, -0.2) is 27.7 Å². The van der Waals surface area contributed by atoms with Crippen molar-refractivity contribution in [2.45, 2.75) is 6.54 Å². The second-order valence-corrected chi connectivity index (χ2v) is 6.57. The van der Waals surface area contributed by atoms with E-state index in [0.717, 1.165) is 33.8 Å². The van der Waals surface area contributed by atoms with Gasteiger partial charge in [-0.05, 0) is 24.3 Å². The average molecular weight is 384 g/mol. The van der Waals surface area contributed by atoms with E-state index >= 15 is 0 Å². The van der Waals surface area contributed by atoms with Crippen LogP contribution in [0.1, 0.15) is 0 Å². The van der Waals surface area contributed by atoms with E-state index in [2.05, 4.69) is 0 Å². The summed E-state index contributed by atoms with van der Waals surface area (Å²) in [4.78, 5) is 16.6. The van der Waals surface area contributed by atoms with Crippen molar-refractivity contribution < 1.29 is 14.6 Å². The highest BCUT2D eigenvalue weighted by molar-refractivity contribution is 5.83. The first-order valence-corrected chi connectivity index (χ1v) is 9.25. The van der Waals surface area contributed by atoms with Crippen molar-refractivity contribution in [2.75, 3.05) is 7.11 Å². The molecule has 144 valence electrons. The minimum atomic E-state index is -0.922. The summed E-state index contributed by atoms with van der Waals surface area (Å²) >= 11 is 0. The first kappa shape index (κ1) is 18.5. The second-order valence-electron chi connectivity index (χ2n) is 6.57. The molecular weight excluding hydrogens is 364 g/mol. The number of carbonyl (C=O) groups is 1. The Hall–Kier alpha value is -3.86. The number of rotatable bonds is 6. The summed E-state index contributed by atoms with van der Waals surface area (Å²) in [5, 5.41) is 9.60. The number of carboxylic acids is 1. The molecule has 5 nitrogen and oxygen atoms in total. The van der Waals surface area contributed by atoms with E-state index in [4.69, 9.17) is 9.72 Å². The number of carboxylic acid groups (broad SMARTS) is 1. The molecule has 0 atom stereocenters. The lowest BCUT2D eigenvalue weighted by molar-refractivity contribution is -0.137. The number of hydrogen-bond acceptors (Lipinski definition) is 3. The lowest BCUT2D eigenvalue weighted by atomic mass is 10.0. The first-order chi connectivity index (χ1) is 14.2. The zero-order chi connectivity index (χ0) is 20.2. The van der Waals surface area contributed by atoms with Crippen LogP contribution in [0.25, 0.3) is 33.9 Å². The molecule has 0 fully saturated rings. The van der Waals surface area contributed by atoms with Crippen molar-refractivity contribution in [2.24, 2.45) is 0 Å². The van der Waals surface area contributed by atoms with Crippen LogP contribution in [0.5, 0.6) is 5.75 Å². The van der Waals surface area contributed by atoms with Gasteiger partial charge in [-0.1, -0.05) is 60.7 Å². The molecule has 1 N–H and O–H groups in total. The molecule has 1 heterocycles. The first-order valence-electron chi connectivity index (χ1n) is 9.25. The van der Waals surface area contributed by atoms with Gasteiger partial charge in [-0.3, -0.25) is 4.79 Å². The number of benzene rings is 3. The zero-order valence-corrected chi connectivity index (χ0v) is 15.9. The van der Waals surface area contributed by atoms with Gasteiger partial charge in [0.25, 0.3) is 0 Å². The summed E-state index contributed by atoms with van der Waals surface area (Å²) in [5.74, 6) is 0.415. The highest BCUT2D eigenvalue weighted by Crippen LogP contribution is 2.36. The molecule has 0 radical (unpaired) electrons. The van der Waals surface area contributed by atoms with E-state index < -0.39 is 5.97 Å². The minimum Gasteiger partial charge on any atom is -0.497 e. The van der Waals surface area contributed by atoms with Crippen molar-refractivity contribution in [3.05, 3.63) is 84.9 Å². The number of aromatic nitrogens is 2. The standard InChI is InChI=1S/C24H20N2O3/c1-29-20-14-12-19(13-15-20)24-25-22(17-8-4-2-5-9-17)23(26(24)16-21(27)28)18-10-6-3-7-11-18/h2-15H,16H2,1H3,(H,27,28). The maximum absolute atomic E-state index is 11.7. The summed E-state index contributed by atoms with van der Waals surface area (Å²) < 4.78 is 7.01. The van der Waals surface area contributed by atoms with Crippen molar-refractivity contribution in [3.8, 4) is 39.7 Å². The maximum atomic E-state index is 11.7. The van der Waals surface area contributed by atoms with Gasteiger partial charge < -0.3 is 14.4 Å². The molecular formula is C24H20N2O3. The number of methoxy groups -OCH3 is 1. The van der Waals surface area contributed by atoms with Crippen LogP contribution in [0.2, 0.25) is 0 Å². The van der Waals surface area contributed by atoms with Crippen LogP contribution in [0.15, 0.2) is 84.9 Å². The average Bonchev–Trinajstić information content (AvgIpc) is 3.13. The van der Waals surface area contributed by atoms with E-state index in [9.17, 15) is 9.90 Å². The van der Waals surface area contributed by atoms with Crippen molar-refractivity contribution in [1.82, 2.24) is 9.55 Å². The molecule has 0 saturated carbocycles. The Balaban J connectivity index is 2.00. The van der Waals surface area contributed by atoms with Gasteiger partial charge in [-0.2, -0.15) is 0 Å². The van der Waals surface area contributed by atoms with Crippen molar-refractivity contribution >= 4 is 5.97 Å². The molecule has 4 rings (SSSR count). The topological polar surface area (TPSA) is 64.4 Å². The molecule has 5 heteroatoms. The van der Waals surface area contributed by atoms with Gasteiger partial charge in [0.1, 0.15) is 18.1 Å². The number of imidazole rings is 1. The lowest BCUT2D eigenvalue weighted by Gasteiger charge is -2.11. The van der Waals surface area contributed by atoms with E-state index in [1.54, 1.807) is 11.7 Å². The molecule has 0 aliphatic carbocycles. The summed E-state index contributed by atoms with van der Waals surface area (Å²) in [6.07, 6.45) is 0. The van der Waals surface area contributed by atoms with Crippen LogP contribution in [0.3, 0.4) is 0 Å². The molecule has 0 saturated heterocycles. The fourth-order valence-electron chi connectivity index (χ4n) is 3.39. The van der Waals surface area contributed by atoms with Gasteiger partial charge in [0.05, 0.1) is 18.5 Å². The van der Waals surface area contributed by atoms with E-state index in [1.807, 2.05) is 84.9 Å². The van der Waals surface area contributed by atoms with E-state index in [1.165, 1.54) is 0 Å². The minimum absolute atomic E-state index is 0.189. The van der Waals surface area contributed by atoms with Gasteiger partial charge in [0, 0.05) is 16.7 Å². The van der Waals surface area contributed by atoms with Crippen LogP contribution in [0, 0.1) is 0 Å². The van der Waals surface area contributed by atoms with E-state index in [0.29, 0.717) is 5.82 Å². The number of aliphatic carboxylic acids is 1. The third-order valence-electron chi connectivity index (χ3n) is 4.70. The van der Waals surface area contributed by atoms with Crippen LogP contribution >= 0.6 is 0 Å². The monoisotopic (exact) mass is 384 g/mol. The molecule has 4 aromatic rings. The number of nitrogens with zero attached hydrogens (tertiary/aromatic N) is 2. The normalized spacial score (nSPS) is 10.7. The predicted molar refractivity (Wildman–Crippen MR) is 113 cm³/mol. The highest BCUT2D eigenvalue weighted by atomic mass is 16.5. The van der Waals surface area contributed by atoms with Gasteiger partial charge >= 0.3 is 5.97 Å². The second kappa shape index (κ2) is 8.02. The smallest absolute Gasteiger partial charge is 0.323 e. The molecule has 0 bridgehead atoms. The van der Waals surface area contributed by atoms with Gasteiger partial charge in [0.15, 0.2) is 0 Å². The Bertz CT molecular complexity index is 1120. The van der Waals surface area contributed by atoms with Gasteiger partial charge in [-0.15, -0.1) is 0 Å². The summed E-state index contributed by atoms with van der Waals surface area (Å²) in [5.41, 5.74) is 4.21. The maximum Gasteiger partial charge on any atom is 0.323 e. The molecule has 0 unspecified atom stereocenters. The molecule has 0 aliphatic heterocycles. The van der Waals surface area contributed by atoms with Crippen LogP contribution < -0.4 is 4.74 Å². The summed E-state index contributed by atoms with van der Waals surface area (Å²) in [7, 11) is 1.61. The Morgan fingerprint density at radius 1 is 0.862 bits per heavy atom. The molecule has 0 aliphatic rings. The lowest BCUT2D eigenvalue weighted by Crippen LogP contribution is -2.11. The summed E-state index contributed by atoms with van der Waals surface area (Å²) in [6, 6.07) is 27.1. The Morgan fingerprint density at radius 2 is 1.45 bits per heavy atom. The van der Waals surface area contributed by atoms with Crippen LogP contribution in [0.4, 0.5) is 0 Å². The van der Waals surface area contributed by atoms with Gasteiger partial charge in [-0.25, -0.2) is 4.98 Å². The number of ether oxygens (including phenoxy) is 1. The molecule has 29 heavy (non-hydrogen) atoms. The fourth-order valence-corrected chi connectivity index (χ4v) is 3.39. The Morgan fingerprint density at radius 3 is 2.00 bits per heavy atom. The molecule has 0 amide bonds. The SMILES string of the molecule is COc1ccc(-c2nc(-c3ccccc3)c(-c3ccccc3)n2CC(=O)O)cc1. The van der Waals surface area contributed by atoms with Crippen LogP contribution in [-0.2, 0) is 11.3 Å². The predicted octanol–water partition coefficient (Wildman–Crippen LogP) is 4.98. The quantitative estimate of drug-likeness (QED) is 0.509. The van der Waals surface area contributed by atoms with E-state index in [-0.39, 0.29) is 6.54 Å². The molecule has 3 aromatic carbocycles. The highest BCUT2D eigenvalue weighted by Gasteiger charge is 2.22. The van der Waals surface area contributed by atoms with Gasteiger partial charge in [0.2, 0.25) is 0 Å². The largest absolute Gasteiger partial charge is 0.497 e. The molecule has 1 aromatic heterocycles.